The standard InChI is InChI=1S/C23H27N9S/c1-5-15-9-7-10-16(6-2)19(15)32-20(17-11-8-12-25-13-17)29-30-23(32)33-14-18-26-21(24)28-22(27-18)31(3)4/h7-13H,5-6,14H2,1-4H3,(H2,24,26,27,28). The van der Waals surface area contributed by atoms with E-state index >= 15 is 0 Å². The van der Waals surface area contributed by atoms with Crippen LogP contribution < -0.4 is 10.6 Å². The monoisotopic (exact) mass is 461 g/mol. The van der Waals surface area contributed by atoms with Crippen molar-refractivity contribution in [2.45, 2.75) is 37.6 Å². The van der Waals surface area contributed by atoms with Crippen LogP contribution in [0.5, 0.6) is 0 Å². The number of thioether (sulfide) groups is 1. The van der Waals surface area contributed by atoms with Crippen LogP contribution in [0.15, 0.2) is 47.9 Å². The summed E-state index contributed by atoms with van der Waals surface area (Å²) in [5.41, 5.74) is 10.4. The van der Waals surface area contributed by atoms with E-state index in [4.69, 9.17) is 5.73 Å². The topological polar surface area (TPSA) is 112 Å². The van der Waals surface area contributed by atoms with E-state index in [0.29, 0.717) is 17.5 Å². The molecule has 2 N–H and O–H groups in total. The number of benzene rings is 1. The Morgan fingerprint density at radius 3 is 2.36 bits per heavy atom. The second-order valence-corrected chi connectivity index (χ2v) is 8.55. The Morgan fingerprint density at radius 2 is 1.73 bits per heavy atom. The minimum absolute atomic E-state index is 0.200. The van der Waals surface area contributed by atoms with Gasteiger partial charge in [-0.15, -0.1) is 10.2 Å². The first-order valence-electron chi connectivity index (χ1n) is 10.8. The van der Waals surface area contributed by atoms with Crippen molar-refractivity contribution < 1.29 is 0 Å². The molecule has 0 amide bonds. The molecule has 3 aromatic heterocycles. The molecule has 170 valence electrons. The first kappa shape index (κ1) is 22.7. The van der Waals surface area contributed by atoms with Crippen LogP contribution in [0.25, 0.3) is 17.1 Å². The second kappa shape index (κ2) is 9.95. The highest BCUT2D eigenvalue weighted by atomic mass is 32.2. The number of aryl methyl sites for hydroxylation is 2. The fraction of sp³-hybridized carbons (Fsp3) is 0.304. The molecule has 0 atom stereocenters. The number of nitrogens with zero attached hydrogens (tertiary/aromatic N) is 8. The van der Waals surface area contributed by atoms with Gasteiger partial charge in [-0.3, -0.25) is 9.55 Å². The Bertz CT molecular complexity index is 1220. The van der Waals surface area contributed by atoms with Crippen molar-refractivity contribution in [3.05, 3.63) is 59.7 Å². The van der Waals surface area contributed by atoms with Crippen LogP contribution in [-0.4, -0.2) is 48.8 Å². The van der Waals surface area contributed by atoms with Gasteiger partial charge in [0.25, 0.3) is 0 Å². The number of rotatable bonds is 8. The average Bonchev–Trinajstić information content (AvgIpc) is 3.25. The summed E-state index contributed by atoms with van der Waals surface area (Å²) in [5, 5.41) is 9.86. The summed E-state index contributed by atoms with van der Waals surface area (Å²) in [4.78, 5) is 19.1. The van der Waals surface area contributed by atoms with E-state index in [1.54, 1.807) is 11.1 Å². The molecule has 3 heterocycles. The zero-order valence-electron chi connectivity index (χ0n) is 19.2. The van der Waals surface area contributed by atoms with E-state index in [1.807, 2.05) is 32.4 Å². The van der Waals surface area contributed by atoms with E-state index in [1.165, 1.54) is 22.9 Å². The molecule has 0 radical (unpaired) electrons. The van der Waals surface area contributed by atoms with Crippen molar-refractivity contribution in [1.82, 2.24) is 34.7 Å². The number of aromatic nitrogens is 7. The molecule has 4 aromatic rings. The number of para-hydroxylation sites is 1. The summed E-state index contributed by atoms with van der Waals surface area (Å²) in [5.74, 6) is 2.55. The van der Waals surface area contributed by atoms with Crippen LogP contribution in [-0.2, 0) is 18.6 Å². The summed E-state index contributed by atoms with van der Waals surface area (Å²) < 4.78 is 2.14. The molecule has 0 aliphatic carbocycles. The van der Waals surface area contributed by atoms with Gasteiger partial charge < -0.3 is 10.6 Å². The minimum atomic E-state index is 0.200. The van der Waals surface area contributed by atoms with Crippen LogP contribution in [0.1, 0.15) is 30.8 Å². The molecule has 0 aliphatic rings. The third kappa shape index (κ3) is 4.80. The van der Waals surface area contributed by atoms with E-state index in [0.717, 1.165) is 35.1 Å². The van der Waals surface area contributed by atoms with E-state index < -0.39 is 0 Å². The van der Waals surface area contributed by atoms with Gasteiger partial charge >= 0.3 is 0 Å². The SMILES string of the molecule is CCc1cccc(CC)c1-n1c(SCc2nc(N)nc(N(C)C)n2)nnc1-c1cccnc1. The van der Waals surface area contributed by atoms with Crippen LogP contribution in [0.3, 0.4) is 0 Å². The summed E-state index contributed by atoms with van der Waals surface area (Å²) >= 11 is 1.52. The number of pyridine rings is 1. The third-order valence-electron chi connectivity index (χ3n) is 5.16. The molecule has 0 aliphatic heterocycles. The molecular weight excluding hydrogens is 434 g/mol. The highest BCUT2D eigenvalue weighted by molar-refractivity contribution is 7.98. The quantitative estimate of drug-likeness (QED) is 0.393. The summed E-state index contributed by atoms with van der Waals surface area (Å²) in [7, 11) is 3.74. The maximum atomic E-state index is 5.90. The second-order valence-electron chi connectivity index (χ2n) is 7.61. The summed E-state index contributed by atoms with van der Waals surface area (Å²) in [6.45, 7) is 4.32. The molecule has 10 heteroatoms. The van der Waals surface area contributed by atoms with Crippen molar-refractivity contribution in [3.63, 3.8) is 0 Å². The van der Waals surface area contributed by atoms with E-state index in [-0.39, 0.29) is 5.95 Å². The van der Waals surface area contributed by atoms with Gasteiger partial charge in [0, 0.05) is 32.1 Å². The molecule has 1 aromatic carbocycles. The lowest BCUT2D eigenvalue weighted by molar-refractivity contribution is 0.854. The van der Waals surface area contributed by atoms with Gasteiger partial charge in [0.15, 0.2) is 11.0 Å². The van der Waals surface area contributed by atoms with Gasteiger partial charge in [-0.05, 0) is 36.1 Å². The number of anilines is 2. The first-order chi connectivity index (χ1) is 16.0. The van der Waals surface area contributed by atoms with Gasteiger partial charge in [0.1, 0.15) is 5.82 Å². The molecule has 0 bridgehead atoms. The molecular formula is C23H27N9S. The van der Waals surface area contributed by atoms with Gasteiger partial charge in [0.2, 0.25) is 11.9 Å². The first-order valence-corrected chi connectivity index (χ1v) is 11.8. The van der Waals surface area contributed by atoms with Crippen molar-refractivity contribution in [2.24, 2.45) is 0 Å². The molecule has 0 saturated carbocycles. The minimum Gasteiger partial charge on any atom is -0.368 e. The van der Waals surface area contributed by atoms with Crippen molar-refractivity contribution in [1.29, 1.82) is 0 Å². The van der Waals surface area contributed by atoms with Gasteiger partial charge in [-0.1, -0.05) is 43.8 Å². The zero-order valence-corrected chi connectivity index (χ0v) is 20.0. The third-order valence-corrected chi connectivity index (χ3v) is 6.08. The molecule has 0 unspecified atom stereocenters. The van der Waals surface area contributed by atoms with Crippen molar-refractivity contribution in [2.75, 3.05) is 24.7 Å². The largest absolute Gasteiger partial charge is 0.368 e. The highest BCUT2D eigenvalue weighted by Gasteiger charge is 2.21. The maximum Gasteiger partial charge on any atom is 0.229 e. The summed E-state index contributed by atoms with van der Waals surface area (Å²) in [6.07, 6.45) is 5.36. The van der Waals surface area contributed by atoms with E-state index in [9.17, 15) is 0 Å². The number of nitrogen functional groups attached to an aromatic ring is 1. The number of hydrogen-bond donors (Lipinski definition) is 1. The molecule has 4 rings (SSSR count). The molecule has 9 nitrogen and oxygen atoms in total. The lowest BCUT2D eigenvalue weighted by Crippen LogP contribution is -2.16. The highest BCUT2D eigenvalue weighted by Crippen LogP contribution is 2.33. The molecule has 0 spiro atoms. The van der Waals surface area contributed by atoms with Crippen LogP contribution >= 0.6 is 11.8 Å². The van der Waals surface area contributed by atoms with Crippen LogP contribution in [0.2, 0.25) is 0 Å². The van der Waals surface area contributed by atoms with E-state index in [2.05, 4.69) is 66.7 Å². The normalized spacial score (nSPS) is 11.0. The fourth-order valence-electron chi connectivity index (χ4n) is 3.57. The molecule has 0 fully saturated rings. The maximum absolute atomic E-state index is 5.90. The molecule has 33 heavy (non-hydrogen) atoms. The molecule has 0 saturated heterocycles. The number of nitrogens with two attached hydrogens (primary N) is 1. The smallest absolute Gasteiger partial charge is 0.229 e. The average molecular weight is 462 g/mol. The fourth-order valence-corrected chi connectivity index (χ4v) is 4.36. The summed E-state index contributed by atoms with van der Waals surface area (Å²) in [6, 6.07) is 10.3. The lowest BCUT2D eigenvalue weighted by atomic mass is 10.0. The van der Waals surface area contributed by atoms with Crippen molar-refractivity contribution >= 4 is 23.7 Å². The Balaban J connectivity index is 1.81. The van der Waals surface area contributed by atoms with Crippen LogP contribution in [0.4, 0.5) is 11.9 Å². The predicted octanol–water partition coefficient (Wildman–Crippen LogP) is 3.58. The van der Waals surface area contributed by atoms with Crippen LogP contribution in [0, 0.1) is 0 Å². The van der Waals surface area contributed by atoms with Gasteiger partial charge in [0.05, 0.1) is 11.4 Å². The predicted molar refractivity (Wildman–Crippen MR) is 131 cm³/mol. The van der Waals surface area contributed by atoms with Crippen molar-refractivity contribution in [3.8, 4) is 17.1 Å². The Hall–Kier alpha value is -3.53. The number of hydrogen-bond acceptors (Lipinski definition) is 9. The Morgan fingerprint density at radius 1 is 0.970 bits per heavy atom. The van der Waals surface area contributed by atoms with Gasteiger partial charge in [-0.25, -0.2) is 0 Å². The Kier molecular flexibility index (Phi) is 6.83. The van der Waals surface area contributed by atoms with Gasteiger partial charge in [-0.2, -0.15) is 15.0 Å². The zero-order chi connectivity index (χ0) is 23.4. The lowest BCUT2D eigenvalue weighted by Gasteiger charge is -2.18. The Labute approximate surface area is 197 Å².